The van der Waals surface area contributed by atoms with Crippen LogP contribution < -0.4 is 5.73 Å². The quantitative estimate of drug-likeness (QED) is 0.676. The van der Waals surface area contributed by atoms with Crippen molar-refractivity contribution in [2.45, 2.75) is 30.7 Å². The fourth-order valence-electron chi connectivity index (χ4n) is 2.90. The Labute approximate surface area is 84.7 Å². The predicted molar refractivity (Wildman–Crippen MR) is 56.4 cm³/mol. The molecule has 2 heteroatoms. The van der Waals surface area contributed by atoms with E-state index in [1.807, 2.05) is 0 Å². The maximum absolute atomic E-state index is 6.03. The number of hydrogen-bond acceptors (Lipinski definition) is 1. The summed E-state index contributed by atoms with van der Waals surface area (Å²) >= 11 is 0. The van der Waals surface area contributed by atoms with Crippen molar-refractivity contribution in [2.24, 2.45) is 5.73 Å². The van der Waals surface area contributed by atoms with Gasteiger partial charge >= 0.3 is 0 Å². The summed E-state index contributed by atoms with van der Waals surface area (Å²) in [6.07, 6.45) is 2.52. The van der Waals surface area contributed by atoms with Gasteiger partial charge in [0.05, 0.1) is 0 Å². The molecule has 3 atom stereocenters. The Bertz CT molecular complexity index is 324. The number of rotatable bonds is 0. The zero-order valence-corrected chi connectivity index (χ0v) is 8.26. The summed E-state index contributed by atoms with van der Waals surface area (Å²) in [6.45, 7) is 0. The molecule has 1 aromatic carbocycles. The Morgan fingerprint density at radius 3 is 2.54 bits per heavy atom. The van der Waals surface area contributed by atoms with E-state index in [9.17, 15) is 0 Å². The van der Waals surface area contributed by atoms with Gasteiger partial charge in [0.1, 0.15) is 0 Å². The van der Waals surface area contributed by atoms with E-state index in [2.05, 4.69) is 24.3 Å². The van der Waals surface area contributed by atoms with E-state index < -0.39 is 0 Å². The molecule has 0 heterocycles. The number of hydrogen-bond donors (Lipinski definition) is 1. The van der Waals surface area contributed by atoms with Gasteiger partial charge < -0.3 is 5.73 Å². The average Bonchev–Trinajstić information content (AvgIpc) is 2.62. The molecule has 0 aliphatic heterocycles. The topological polar surface area (TPSA) is 26.0 Å². The Balaban J connectivity index is 0.000000653. The van der Waals surface area contributed by atoms with E-state index in [-0.39, 0.29) is 12.4 Å². The fourth-order valence-corrected chi connectivity index (χ4v) is 2.90. The van der Waals surface area contributed by atoms with Crippen LogP contribution in [0.3, 0.4) is 0 Å². The number of fused-ring (bicyclic) bond motifs is 5. The van der Waals surface area contributed by atoms with Gasteiger partial charge in [-0.1, -0.05) is 24.3 Å². The lowest BCUT2D eigenvalue weighted by molar-refractivity contribution is 0.595. The predicted octanol–water partition coefficient (Wildman–Crippen LogP) is 2.41. The first-order valence-corrected chi connectivity index (χ1v) is 4.70. The summed E-state index contributed by atoms with van der Waals surface area (Å²) in [7, 11) is 0. The molecule has 0 spiro atoms. The van der Waals surface area contributed by atoms with Gasteiger partial charge in [-0.2, -0.15) is 0 Å². The van der Waals surface area contributed by atoms with Gasteiger partial charge in [-0.15, -0.1) is 12.4 Å². The summed E-state index contributed by atoms with van der Waals surface area (Å²) in [5.74, 6) is 1.45. The first-order valence-electron chi connectivity index (χ1n) is 4.70. The molecule has 0 radical (unpaired) electrons. The molecule has 70 valence electrons. The molecular formula is C11H14ClN. The Morgan fingerprint density at radius 2 is 1.77 bits per heavy atom. The van der Waals surface area contributed by atoms with Crippen molar-refractivity contribution < 1.29 is 0 Å². The summed E-state index contributed by atoms with van der Waals surface area (Å²) in [5.41, 5.74) is 9.14. The first kappa shape index (κ1) is 9.04. The van der Waals surface area contributed by atoms with Crippen LogP contribution >= 0.6 is 12.4 Å². The number of nitrogens with two attached hydrogens (primary N) is 1. The minimum Gasteiger partial charge on any atom is -0.327 e. The van der Waals surface area contributed by atoms with Crippen molar-refractivity contribution in [2.75, 3.05) is 0 Å². The molecule has 2 aliphatic carbocycles. The molecule has 0 amide bonds. The first-order chi connectivity index (χ1) is 5.86. The highest BCUT2D eigenvalue weighted by molar-refractivity contribution is 5.85. The summed E-state index contributed by atoms with van der Waals surface area (Å²) in [6, 6.07) is 9.23. The van der Waals surface area contributed by atoms with E-state index >= 15 is 0 Å². The summed E-state index contributed by atoms with van der Waals surface area (Å²) in [5, 5.41) is 0. The van der Waals surface area contributed by atoms with E-state index in [1.165, 1.54) is 18.4 Å². The molecule has 0 saturated heterocycles. The fraction of sp³-hybridized carbons (Fsp3) is 0.455. The summed E-state index contributed by atoms with van der Waals surface area (Å²) in [4.78, 5) is 0. The third kappa shape index (κ3) is 1.11. The van der Waals surface area contributed by atoms with Crippen LogP contribution in [0, 0.1) is 0 Å². The molecule has 3 rings (SSSR count). The average molecular weight is 196 g/mol. The second-order valence-corrected chi connectivity index (χ2v) is 4.07. The molecule has 0 aromatic heterocycles. The third-order valence-electron chi connectivity index (χ3n) is 3.45. The van der Waals surface area contributed by atoms with Gasteiger partial charge in [-0.3, -0.25) is 0 Å². The number of halogens is 1. The zero-order chi connectivity index (χ0) is 8.13. The smallest absolute Gasteiger partial charge is 0.0114 e. The molecule has 3 unspecified atom stereocenters. The van der Waals surface area contributed by atoms with Gasteiger partial charge in [0, 0.05) is 6.04 Å². The van der Waals surface area contributed by atoms with E-state index in [0.29, 0.717) is 12.0 Å². The minimum atomic E-state index is 0. The highest BCUT2D eigenvalue weighted by atomic mass is 35.5. The molecule has 1 saturated carbocycles. The SMILES string of the molecule is Cl.NC1CC2CC1c1ccccc12. The second kappa shape index (κ2) is 3.00. The van der Waals surface area contributed by atoms with Gasteiger partial charge in [0.25, 0.3) is 0 Å². The standard InChI is InChI=1S/C11H13N.ClH/c12-11-6-7-5-10(11)9-4-2-1-3-8(7)9;/h1-4,7,10-11H,5-6,12H2;1H. The molecule has 2 N–H and O–H groups in total. The molecule has 1 aromatic rings. The maximum Gasteiger partial charge on any atom is 0.0114 e. The Morgan fingerprint density at radius 1 is 1.08 bits per heavy atom. The highest BCUT2D eigenvalue weighted by Gasteiger charge is 2.41. The van der Waals surface area contributed by atoms with Crippen molar-refractivity contribution in [3.63, 3.8) is 0 Å². The van der Waals surface area contributed by atoms with Crippen molar-refractivity contribution >= 4 is 12.4 Å². The minimum absolute atomic E-state index is 0. The molecule has 1 nitrogen and oxygen atoms in total. The second-order valence-electron chi connectivity index (χ2n) is 4.07. The van der Waals surface area contributed by atoms with Crippen LogP contribution in [0.4, 0.5) is 0 Å². The largest absolute Gasteiger partial charge is 0.327 e. The van der Waals surface area contributed by atoms with Crippen molar-refractivity contribution in [3.05, 3.63) is 35.4 Å². The van der Waals surface area contributed by atoms with Crippen molar-refractivity contribution in [1.29, 1.82) is 0 Å². The van der Waals surface area contributed by atoms with Crippen molar-refractivity contribution in [3.8, 4) is 0 Å². The van der Waals surface area contributed by atoms with Gasteiger partial charge in [-0.25, -0.2) is 0 Å². The molecule has 13 heavy (non-hydrogen) atoms. The molecule has 2 bridgehead atoms. The van der Waals surface area contributed by atoms with E-state index in [1.54, 1.807) is 5.56 Å². The highest BCUT2D eigenvalue weighted by Crippen LogP contribution is 2.51. The van der Waals surface area contributed by atoms with E-state index in [4.69, 9.17) is 5.73 Å². The van der Waals surface area contributed by atoms with E-state index in [0.717, 1.165) is 5.92 Å². The summed E-state index contributed by atoms with van der Waals surface area (Å²) < 4.78 is 0. The van der Waals surface area contributed by atoms with Gasteiger partial charge in [-0.05, 0) is 35.8 Å². The third-order valence-corrected chi connectivity index (χ3v) is 3.45. The van der Waals surface area contributed by atoms with Crippen LogP contribution in [-0.2, 0) is 0 Å². The monoisotopic (exact) mass is 195 g/mol. The van der Waals surface area contributed by atoms with Crippen LogP contribution in [0.15, 0.2) is 24.3 Å². The molecule has 1 fully saturated rings. The van der Waals surface area contributed by atoms with Crippen LogP contribution in [-0.4, -0.2) is 6.04 Å². The lowest BCUT2D eigenvalue weighted by atomic mass is 9.89. The zero-order valence-electron chi connectivity index (χ0n) is 7.44. The molecule has 2 aliphatic rings. The van der Waals surface area contributed by atoms with Crippen LogP contribution in [0.2, 0.25) is 0 Å². The Kier molecular flexibility index (Phi) is 2.09. The van der Waals surface area contributed by atoms with Gasteiger partial charge in [0.15, 0.2) is 0 Å². The normalized spacial score (nSPS) is 34.1. The lowest BCUT2D eigenvalue weighted by Gasteiger charge is -2.20. The molecular weight excluding hydrogens is 182 g/mol. The maximum atomic E-state index is 6.03. The Hall–Kier alpha value is -0.530. The van der Waals surface area contributed by atoms with Crippen LogP contribution in [0.25, 0.3) is 0 Å². The lowest BCUT2D eigenvalue weighted by Crippen LogP contribution is -2.25. The van der Waals surface area contributed by atoms with Gasteiger partial charge in [0.2, 0.25) is 0 Å². The van der Waals surface area contributed by atoms with Crippen molar-refractivity contribution in [1.82, 2.24) is 0 Å². The number of benzene rings is 1. The van der Waals surface area contributed by atoms with Crippen LogP contribution in [0.5, 0.6) is 0 Å². The van der Waals surface area contributed by atoms with Crippen LogP contribution in [0.1, 0.15) is 35.8 Å².